The van der Waals surface area contributed by atoms with Crippen LogP contribution in [0.25, 0.3) is 15.8 Å². The number of carbonyl (C=O) groups is 1. The first kappa shape index (κ1) is 15.3. The smallest absolute Gasteiger partial charge is 0.392 e. The largest absolute Gasteiger partial charge is 0.490 e. The van der Waals surface area contributed by atoms with E-state index in [2.05, 4.69) is 11.1 Å². The molecule has 2 amide bonds. The Bertz CT molecular complexity index is 800. The van der Waals surface area contributed by atoms with E-state index in [1.165, 1.54) is 0 Å². The Balaban J connectivity index is 1.76. The molecule has 0 unspecified atom stereocenters. The second-order valence-corrected chi connectivity index (χ2v) is 5.48. The maximum Gasteiger partial charge on any atom is 0.392 e. The van der Waals surface area contributed by atoms with Crippen molar-refractivity contribution < 1.29 is 14.7 Å². The predicted molar refractivity (Wildman–Crippen MR) is 87.1 cm³/mol. The molecule has 1 aliphatic rings. The molecule has 0 radical (unpaired) electrons. The van der Waals surface area contributed by atoms with Crippen molar-refractivity contribution >= 4 is 28.6 Å². The third-order valence-corrected chi connectivity index (χ3v) is 4.03. The third kappa shape index (κ3) is 3.10. The summed E-state index contributed by atoms with van der Waals surface area (Å²) in [6, 6.07) is 13.8. The number of ether oxygens (including phenoxy) is 1. The minimum absolute atomic E-state index is 0.211. The fourth-order valence-corrected chi connectivity index (χ4v) is 2.75. The van der Waals surface area contributed by atoms with Crippen molar-refractivity contribution in [2.45, 2.75) is 0 Å². The monoisotopic (exact) mass is 332 g/mol. The lowest BCUT2D eigenvalue weighted by Crippen LogP contribution is -2.31. The standard InChI is InChI=1S/C16H14ClN3O3/c17-20-8-7-19(16(20)21)9-10-23-15-6-5-12-3-1-2-4-13(12)14(15)11-18-22/h1-6H,7-10H2/p+1. The molecule has 0 atom stereocenters. The second-order valence-electron chi connectivity index (χ2n) is 5.08. The van der Waals surface area contributed by atoms with Gasteiger partial charge < -0.3 is 9.64 Å². The zero-order valence-electron chi connectivity index (χ0n) is 12.3. The van der Waals surface area contributed by atoms with Gasteiger partial charge in [0.25, 0.3) is 0 Å². The SMILES string of the molecule is O=C1N(Cl)CCN1CCOc1ccc2ccccc2c1C#[N+]O. The number of fused-ring (bicyclic) bond motifs is 1. The van der Waals surface area contributed by atoms with Crippen LogP contribution in [0.5, 0.6) is 5.75 Å². The molecule has 23 heavy (non-hydrogen) atoms. The van der Waals surface area contributed by atoms with Crippen molar-refractivity contribution in [2.24, 2.45) is 0 Å². The van der Waals surface area contributed by atoms with E-state index in [0.717, 1.165) is 15.2 Å². The van der Waals surface area contributed by atoms with Gasteiger partial charge in [-0.1, -0.05) is 30.3 Å². The summed E-state index contributed by atoms with van der Waals surface area (Å²) in [6.07, 6.45) is 0. The molecule has 0 saturated carbocycles. The van der Waals surface area contributed by atoms with Crippen LogP contribution in [0.2, 0.25) is 0 Å². The van der Waals surface area contributed by atoms with Crippen molar-refractivity contribution in [3.63, 3.8) is 0 Å². The van der Waals surface area contributed by atoms with Gasteiger partial charge in [-0.3, -0.25) is 0 Å². The second kappa shape index (κ2) is 6.63. The summed E-state index contributed by atoms with van der Waals surface area (Å²) in [4.78, 5) is 13.3. The first-order valence-corrected chi connectivity index (χ1v) is 7.51. The maximum absolute atomic E-state index is 11.7. The lowest BCUT2D eigenvalue weighted by atomic mass is 10.0. The van der Waals surface area contributed by atoms with Crippen molar-refractivity contribution in [1.82, 2.24) is 9.32 Å². The van der Waals surface area contributed by atoms with Gasteiger partial charge in [0.2, 0.25) is 5.01 Å². The highest BCUT2D eigenvalue weighted by atomic mass is 35.5. The average Bonchev–Trinajstić information content (AvgIpc) is 2.89. The molecule has 1 aliphatic heterocycles. The fraction of sp³-hybridized carbons (Fsp3) is 0.250. The molecular weight excluding hydrogens is 318 g/mol. The zero-order chi connectivity index (χ0) is 16.2. The van der Waals surface area contributed by atoms with Gasteiger partial charge in [-0.15, -0.1) is 0 Å². The van der Waals surface area contributed by atoms with Crippen molar-refractivity contribution in [3.8, 4) is 11.8 Å². The maximum atomic E-state index is 11.7. The van der Waals surface area contributed by atoms with Gasteiger partial charge in [-0.2, -0.15) is 5.21 Å². The summed E-state index contributed by atoms with van der Waals surface area (Å²) >= 11 is 5.74. The molecule has 7 heteroatoms. The lowest BCUT2D eigenvalue weighted by Gasteiger charge is -2.15. The number of hydrogen-bond acceptors (Lipinski definition) is 3. The normalized spacial score (nSPS) is 14.0. The number of urea groups is 1. The van der Waals surface area contributed by atoms with E-state index < -0.39 is 0 Å². The highest BCUT2D eigenvalue weighted by Gasteiger charge is 2.26. The van der Waals surface area contributed by atoms with Crippen LogP contribution in [0.3, 0.4) is 0 Å². The topological polar surface area (TPSA) is 57.4 Å². The average molecular weight is 333 g/mol. The molecule has 1 N–H and O–H groups in total. The van der Waals surface area contributed by atoms with E-state index in [1.807, 2.05) is 30.3 Å². The van der Waals surface area contributed by atoms with Crippen LogP contribution in [0, 0.1) is 6.07 Å². The predicted octanol–water partition coefficient (Wildman–Crippen LogP) is 3.18. The van der Waals surface area contributed by atoms with Crippen LogP contribution in [0.4, 0.5) is 4.79 Å². The molecule has 3 rings (SSSR count). The van der Waals surface area contributed by atoms with Gasteiger partial charge >= 0.3 is 12.1 Å². The molecular formula is C16H15ClN3O3+. The third-order valence-electron chi connectivity index (χ3n) is 3.72. The quantitative estimate of drug-likeness (QED) is 0.691. The number of hydrogen-bond donors (Lipinski definition) is 1. The van der Waals surface area contributed by atoms with Crippen LogP contribution in [-0.4, -0.2) is 46.8 Å². The minimum atomic E-state index is -0.211. The summed E-state index contributed by atoms with van der Waals surface area (Å²) in [5.74, 6) is 0.552. The molecule has 0 aliphatic carbocycles. The molecule has 1 fully saturated rings. The summed E-state index contributed by atoms with van der Waals surface area (Å²) in [5, 5.41) is 13.7. The van der Waals surface area contributed by atoms with Crippen LogP contribution in [0.15, 0.2) is 36.4 Å². The van der Waals surface area contributed by atoms with Gasteiger partial charge in [0, 0.05) is 23.7 Å². The lowest BCUT2D eigenvalue weighted by molar-refractivity contribution is 0.195. The fourth-order valence-electron chi connectivity index (χ4n) is 2.56. The van der Waals surface area contributed by atoms with E-state index in [1.54, 1.807) is 11.0 Å². The zero-order valence-corrected chi connectivity index (χ0v) is 13.0. The summed E-state index contributed by atoms with van der Waals surface area (Å²) in [6.45, 7) is 1.84. The summed E-state index contributed by atoms with van der Waals surface area (Å²) in [7, 11) is 0. The molecule has 0 aromatic heterocycles. The van der Waals surface area contributed by atoms with Gasteiger partial charge in [0.1, 0.15) is 12.4 Å². The Kier molecular flexibility index (Phi) is 4.40. The number of benzene rings is 2. The molecule has 0 spiro atoms. The number of rotatable bonds is 4. The minimum Gasteiger partial charge on any atom is -0.490 e. The van der Waals surface area contributed by atoms with E-state index in [4.69, 9.17) is 21.7 Å². The van der Waals surface area contributed by atoms with Crippen LogP contribution < -0.4 is 4.74 Å². The highest BCUT2D eigenvalue weighted by molar-refractivity contribution is 6.21. The summed E-state index contributed by atoms with van der Waals surface area (Å²) < 4.78 is 6.91. The Morgan fingerprint density at radius 2 is 2.09 bits per heavy atom. The first-order valence-electron chi connectivity index (χ1n) is 7.17. The molecule has 2 aromatic carbocycles. The molecule has 6 nitrogen and oxygen atoms in total. The van der Waals surface area contributed by atoms with Crippen LogP contribution >= 0.6 is 11.8 Å². The molecule has 2 aromatic rings. The van der Waals surface area contributed by atoms with E-state index >= 15 is 0 Å². The number of amides is 2. The van der Waals surface area contributed by atoms with E-state index in [0.29, 0.717) is 37.6 Å². The molecule has 1 saturated heterocycles. The van der Waals surface area contributed by atoms with Gasteiger partial charge in [-0.25, -0.2) is 9.21 Å². The number of nitrogens with zero attached hydrogens (tertiary/aromatic N) is 3. The van der Waals surface area contributed by atoms with Crippen LogP contribution in [-0.2, 0) is 0 Å². The van der Waals surface area contributed by atoms with Crippen molar-refractivity contribution in [1.29, 1.82) is 0 Å². The Labute approximate surface area is 138 Å². The van der Waals surface area contributed by atoms with Crippen LogP contribution in [0.1, 0.15) is 5.56 Å². The first-order chi connectivity index (χ1) is 11.2. The molecule has 1 heterocycles. The number of halogens is 1. The Morgan fingerprint density at radius 1 is 1.26 bits per heavy atom. The van der Waals surface area contributed by atoms with Gasteiger partial charge in [0.15, 0.2) is 5.56 Å². The Morgan fingerprint density at radius 3 is 2.83 bits per heavy atom. The van der Waals surface area contributed by atoms with Crippen molar-refractivity contribution in [2.75, 3.05) is 26.2 Å². The van der Waals surface area contributed by atoms with Gasteiger partial charge in [0.05, 0.1) is 13.1 Å². The van der Waals surface area contributed by atoms with E-state index in [9.17, 15) is 4.79 Å². The molecule has 118 valence electrons. The summed E-state index contributed by atoms with van der Waals surface area (Å²) in [5.41, 5.74) is 0.581. The van der Waals surface area contributed by atoms with Crippen molar-refractivity contribution in [3.05, 3.63) is 47.0 Å². The Hall–Kier alpha value is -2.65. The molecule has 0 bridgehead atoms. The van der Waals surface area contributed by atoms with Gasteiger partial charge in [-0.05, 0) is 11.5 Å². The number of carbonyl (C=O) groups excluding carboxylic acids is 1. The van der Waals surface area contributed by atoms with E-state index in [-0.39, 0.29) is 6.03 Å². The highest BCUT2D eigenvalue weighted by Crippen LogP contribution is 2.27.